The second kappa shape index (κ2) is 8.05. The summed E-state index contributed by atoms with van der Waals surface area (Å²) in [5, 5.41) is 3.49. The van der Waals surface area contributed by atoms with Crippen LogP contribution in [0.4, 0.5) is 0 Å². The molecule has 0 spiro atoms. The molecule has 0 aliphatic rings. The summed E-state index contributed by atoms with van der Waals surface area (Å²) >= 11 is 6.03. The van der Waals surface area contributed by atoms with Crippen molar-refractivity contribution in [3.8, 4) is 5.75 Å². The van der Waals surface area contributed by atoms with Crippen LogP contribution >= 0.6 is 11.6 Å². The predicted octanol–water partition coefficient (Wildman–Crippen LogP) is 3.80. The van der Waals surface area contributed by atoms with Crippen molar-refractivity contribution in [2.24, 2.45) is 0 Å². The van der Waals surface area contributed by atoms with Crippen LogP contribution in [0.5, 0.6) is 5.75 Å². The molecule has 2 atom stereocenters. The van der Waals surface area contributed by atoms with Gasteiger partial charge in [-0.15, -0.1) is 0 Å². The van der Waals surface area contributed by atoms with Gasteiger partial charge in [0, 0.05) is 6.04 Å². The first-order chi connectivity index (χ1) is 9.08. The maximum atomic E-state index is 12.1. The van der Waals surface area contributed by atoms with E-state index in [9.17, 15) is 4.79 Å². The topological polar surface area (TPSA) is 38.3 Å². The quantitative estimate of drug-likeness (QED) is 0.826. The molecule has 19 heavy (non-hydrogen) atoms. The Bertz CT molecular complexity index is 409. The van der Waals surface area contributed by atoms with E-state index in [1.54, 1.807) is 12.1 Å². The summed E-state index contributed by atoms with van der Waals surface area (Å²) in [5.74, 6) is 0.470. The van der Waals surface area contributed by atoms with Crippen molar-refractivity contribution in [3.63, 3.8) is 0 Å². The zero-order chi connectivity index (χ0) is 14.3. The summed E-state index contributed by atoms with van der Waals surface area (Å²) in [6, 6.07) is 7.36. The predicted molar refractivity (Wildman–Crippen MR) is 78.7 cm³/mol. The second-order valence-electron chi connectivity index (χ2n) is 4.64. The van der Waals surface area contributed by atoms with Gasteiger partial charge < -0.3 is 10.1 Å². The summed E-state index contributed by atoms with van der Waals surface area (Å²) in [4.78, 5) is 12.1. The van der Waals surface area contributed by atoms with Gasteiger partial charge in [-0.25, -0.2) is 0 Å². The minimum Gasteiger partial charge on any atom is -0.479 e. The third-order valence-electron chi connectivity index (χ3n) is 2.88. The number of amides is 1. The summed E-state index contributed by atoms with van der Waals surface area (Å²) in [6.45, 7) is 6.02. The van der Waals surface area contributed by atoms with E-state index < -0.39 is 6.10 Å². The van der Waals surface area contributed by atoms with Gasteiger partial charge in [-0.05, 0) is 31.9 Å². The molecule has 3 nitrogen and oxygen atoms in total. The molecule has 1 amide bonds. The lowest BCUT2D eigenvalue weighted by molar-refractivity contribution is -0.128. The number of carbonyl (C=O) groups excluding carboxylic acids is 1. The van der Waals surface area contributed by atoms with Gasteiger partial charge in [0.25, 0.3) is 5.91 Å². The number of halogens is 1. The van der Waals surface area contributed by atoms with Crippen LogP contribution in [0.25, 0.3) is 0 Å². The number of benzene rings is 1. The minimum atomic E-state index is -0.501. The van der Waals surface area contributed by atoms with E-state index in [0.717, 1.165) is 12.8 Å². The first-order valence-corrected chi connectivity index (χ1v) is 7.17. The molecule has 0 aliphatic carbocycles. The second-order valence-corrected chi connectivity index (χ2v) is 5.05. The van der Waals surface area contributed by atoms with Crippen LogP contribution in [-0.4, -0.2) is 18.1 Å². The first kappa shape index (κ1) is 15.8. The molecular weight excluding hydrogens is 262 g/mol. The zero-order valence-electron chi connectivity index (χ0n) is 11.8. The van der Waals surface area contributed by atoms with Gasteiger partial charge in [0.1, 0.15) is 5.75 Å². The number of hydrogen-bond acceptors (Lipinski definition) is 2. The minimum absolute atomic E-state index is 0.0802. The lowest BCUT2D eigenvalue weighted by atomic mass is 10.1. The van der Waals surface area contributed by atoms with Gasteiger partial charge in [-0.1, -0.05) is 44.0 Å². The molecule has 0 bridgehead atoms. The molecule has 0 unspecified atom stereocenters. The number of ether oxygens (including phenoxy) is 1. The fraction of sp³-hybridized carbons (Fsp3) is 0.533. The average Bonchev–Trinajstić information content (AvgIpc) is 2.37. The molecule has 1 rings (SSSR count). The fourth-order valence-electron chi connectivity index (χ4n) is 1.86. The molecular formula is C15H22ClNO2. The van der Waals surface area contributed by atoms with Crippen molar-refractivity contribution in [3.05, 3.63) is 29.3 Å². The molecule has 0 radical (unpaired) electrons. The number of carbonyl (C=O) groups is 1. The van der Waals surface area contributed by atoms with E-state index >= 15 is 0 Å². The Kier molecular flexibility index (Phi) is 6.71. The molecule has 4 heteroatoms. The Hall–Kier alpha value is -1.22. The van der Waals surface area contributed by atoms with Crippen LogP contribution in [0, 0.1) is 0 Å². The highest BCUT2D eigenvalue weighted by molar-refractivity contribution is 6.32. The zero-order valence-corrected chi connectivity index (χ0v) is 12.5. The first-order valence-electron chi connectivity index (χ1n) is 6.80. The molecule has 1 aromatic carbocycles. The van der Waals surface area contributed by atoms with Crippen LogP contribution < -0.4 is 10.1 Å². The van der Waals surface area contributed by atoms with Gasteiger partial charge in [-0.2, -0.15) is 0 Å². The highest BCUT2D eigenvalue weighted by Gasteiger charge is 2.20. The van der Waals surface area contributed by atoms with E-state index in [1.165, 1.54) is 0 Å². The summed E-state index contributed by atoms with van der Waals surface area (Å²) < 4.78 is 5.69. The van der Waals surface area contributed by atoms with Gasteiger partial charge in [-0.3, -0.25) is 4.79 Å². The SMILES string of the molecule is CCC[C@H](C)NC(=O)[C@H](CC)Oc1ccccc1Cl. The average molecular weight is 284 g/mol. The smallest absolute Gasteiger partial charge is 0.261 e. The summed E-state index contributed by atoms with van der Waals surface area (Å²) in [5.41, 5.74) is 0. The van der Waals surface area contributed by atoms with Crippen molar-refractivity contribution < 1.29 is 9.53 Å². The molecule has 0 heterocycles. The number of para-hydroxylation sites is 1. The van der Waals surface area contributed by atoms with Crippen LogP contribution in [0.15, 0.2) is 24.3 Å². The van der Waals surface area contributed by atoms with Crippen LogP contribution in [0.3, 0.4) is 0 Å². The maximum Gasteiger partial charge on any atom is 0.261 e. The van der Waals surface area contributed by atoms with Gasteiger partial charge in [0.05, 0.1) is 5.02 Å². The number of rotatable bonds is 7. The molecule has 0 aliphatic heterocycles. The van der Waals surface area contributed by atoms with Crippen molar-refractivity contribution >= 4 is 17.5 Å². The largest absolute Gasteiger partial charge is 0.479 e. The fourth-order valence-corrected chi connectivity index (χ4v) is 2.04. The van der Waals surface area contributed by atoms with Gasteiger partial charge >= 0.3 is 0 Å². The van der Waals surface area contributed by atoms with Crippen LogP contribution in [-0.2, 0) is 4.79 Å². The van der Waals surface area contributed by atoms with Crippen LogP contribution in [0.2, 0.25) is 5.02 Å². The van der Waals surface area contributed by atoms with E-state index in [2.05, 4.69) is 12.2 Å². The normalized spacial score (nSPS) is 13.7. The van der Waals surface area contributed by atoms with Crippen molar-refractivity contribution in [2.45, 2.75) is 52.2 Å². The third-order valence-corrected chi connectivity index (χ3v) is 3.19. The Morgan fingerprint density at radius 1 is 1.37 bits per heavy atom. The highest BCUT2D eigenvalue weighted by Crippen LogP contribution is 2.24. The molecule has 0 saturated carbocycles. The molecule has 0 fully saturated rings. The Balaban J connectivity index is 2.63. The highest BCUT2D eigenvalue weighted by atomic mass is 35.5. The van der Waals surface area contributed by atoms with E-state index in [0.29, 0.717) is 17.2 Å². The Labute approximate surface area is 120 Å². The lowest BCUT2D eigenvalue weighted by Crippen LogP contribution is -2.42. The standard InChI is InChI=1S/C15H22ClNO2/c1-4-8-11(3)17-15(18)13(5-2)19-14-10-7-6-9-12(14)16/h6-7,9-11,13H,4-5,8H2,1-3H3,(H,17,18)/t11-,13-/m0/s1. The van der Waals surface area contributed by atoms with Gasteiger partial charge in [0.15, 0.2) is 6.10 Å². The molecule has 1 aromatic rings. The van der Waals surface area contributed by atoms with Crippen molar-refractivity contribution in [1.29, 1.82) is 0 Å². The van der Waals surface area contributed by atoms with E-state index in [4.69, 9.17) is 16.3 Å². The van der Waals surface area contributed by atoms with E-state index in [1.807, 2.05) is 26.0 Å². The monoisotopic (exact) mass is 283 g/mol. The molecule has 0 aromatic heterocycles. The Morgan fingerprint density at radius 3 is 2.63 bits per heavy atom. The van der Waals surface area contributed by atoms with E-state index in [-0.39, 0.29) is 11.9 Å². The lowest BCUT2D eigenvalue weighted by Gasteiger charge is -2.20. The van der Waals surface area contributed by atoms with Crippen molar-refractivity contribution in [2.75, 3.05) is 0 Å². The summed E-state index contributed by atoms with van der Waals surface area (Å²) in [6.07, 6.45) is 2.12. The Morgan fingerprint density at radius 2 is 2.05 bits per heavy atom. The van der Waals surface area contributed by atoms with Gasteiger partial charge in [0.2, 0.25) is 0 Å². The number of hydrogen-bond donors (Lipinski definition) is 1. The molecule has 0 saturated heterocycles. The molecule has 106 valence electrons. The van der Waals surface area contributed by atoms with Crippen LogP contribution in [0.1, 0.15) is 40.0 Å². The summed E-state index contributed by atoms with van der Waals surface area (Å²) in [7, 11) is 0. The third kappa shape index (κ3) is 5.11. The maximum absolute atomic E-state index is 12.1. The number of nitrogens with one attached hydrogen (secondary N) is 1. The van der Waals surface area contributed by atoms with Crippen molar-refractivity contribution in [1.82, 2.24) is 5.32 Å². The molecule has 1 N–H and O–H groups in total.